The maximum absolute atomic E-state index is 11.7. The Morgan fingerprint density at radius 3 is 2.48 bits per heavy atom. The molecule has 0 aliphatic carbocycles. The summed E-state index contributed by atoms with van der Waals surface area (Å²) in [6.07, 6.45) is 0.840. The van der Waals surface area contributed by atoms with Crippen molar-refractivity contribution in [1.82, 2.24) is 5.32 Å². The number of carbonyl (C=O) groups excluding carboxylic acids is 1. The number of hydrogen-bond acceptors (Lipinski definition) is 4. The summed E-state index contributed by atoms with van der Waals surface area (Å²) < 4.78 is 28.3. The highest BCUT2D eigenvalue weighted by molar-refractivity contribution is 7.89. The molecular weight excluding hydrogens is 292 g/mol. The van der Waals surface area contributed by atoms with E-state index in [2.05, 4.69) is 5.32 Å². The van der Waals surface area contributed by atoms with Crippen LogP contribution in [0.4, 0.5) is 0 Å². The first-order chi connectivity index (χ1) is 9.66. The highest BCUT2D eigenvalue weighted by atomic mass is 32.2. The molecule has 0 saturated carbocycles. The molecule has 1 atom stereocenters. The molecule has 0 radical (unpaired) electrons. The second kappa shape index (κ2) is 6.91. The van der Waals surface area contributed by atoms with Gasteiger partial charge in [0.1, 0.15) is 5.75 Å². The van der Waals surface area contributed by atoms with E-state index in [9.17, 15) is 13.2 Å². The average Bonchev–Trinajstić information content (AvgIpc) is 2.38. The van der Waals surface area contributed by atoms with Gasteiger partial charge < -0.3 is 10.1 Å². The molecule has 21 heavy (non-hydrogen) atoms. The van der Waals surface area contributed by atoms with Crippen LogP contribution in [0.25, 0.3) is 0 Å². The highest BCUT2D eigenvalue weighted by Crippen LogP contribution is 2.26. The first-order valence-corrected chi connectivity index (χ1v) is 8.26. The smallest absolute Gasteiger partial charge is 0.258 e. The van der Waals surface area contributed by atoms with Crippen molar-refractivity contribution in [2.24, 2.45) is 5.14 Å². The van der Waals surface area contributed by atoms with Gasteiger partial charge in [0.2, 0.25) is 10.0 Å². The van der Waals surface area contributed by atoms with E-state index < -0.39 is 10.0 Å². The van der Waals surface area contributed by atoms with Crippen molar-refractivity contribution in [3.05, 3.63) is 23.3 Å². The third-order valence-corrected chi connectivity index (χ3v) is 4.43. The molecule has 7 heteroatoms. The van der Waals surface area contributed by atoms with Crippen molar-refractivity contribution in [1.29, 1.82) is 0 Å². The summed E-state index contributed by atoms with van der Waals surface area (Å²) in [5, 5.41) is 7.93. The lowest BCUT2D eigenvalue weighted by Crippen LogP contribution is -2.35. The van der Waals surface area contributed by atoms with Gasteiger partial charge in [-0.2, -0.15) is 0 Å². The Kier molecular flexibility index (Phi) is 5.74. The molecule has 1 rings (SSSR count). The van der Waals surface area contributed by atoms with Crippen LogP contribution >= 0.6 is 0 Å². The minimum Gasteiger partial charge on any atom is -0.483 e. The summed E-state index contributed by atoms with van der Waals surface area (Å²) in [6, 6.07) is 2.99. The van der Waals surface area contributed by atoms with Crippen LogP contribution < -0.4 is 15.2 Å². The van der Waals surface area contributed by atoms with E-state index in [1.165, 1.54) is 12.1 Å². The van der Waals surface area contributed by atoms with Crippen LogP contribution in [0.5, 0.6) is 5.75 Å². The standard InChI is InChI=1S/C14H22N2O4S/c1-5-9(2)16-14(17)8-20-12-6-7-13(21(15,18)19)11(4)10(12)3/h6-7,9H,5,8H2,1-4H3,(H,16,17)(H2,15,18,19). The topological polar surface area (TPSA) is 98.5 Å². The molecule has 1 aromatic carbocycles. The van der Waals surface area contributed by atoms with Crippen molar-refractivity contribution in [3.63, 3.8) is 0 Å². The molecule has 0 aromatic heterocycles. The van der Waals surface area contributed by atoms with Gasteiger partial charge in [0, 0.05) is 6.04 Å². The van der Waals surface area contributed by atoms with Crippen molar-refractivity contribution in [3.8, 4) is 5.75 Å². The lowest BCUT2D eigenvalue weighted by Gasteiger charge is -2.15. The first kappa shape index (κ1) is 17.5. The summed E-state index contributed by atoms with van der Waals surface area (Å²) in [4.78, 5) is 11.7. The number of primary sulfonamides is 1. The molecule has 1 unspecified atom stereocenters. The van der Waals surface area contributed by atoms with E-state index in [0.717, 1.165) is 6.42 Å². The summed E-state index contributed by atoms with van der Waals surface area (Å²) >= 11 is 0. The number of nitrogens with two attached hydrogens (primary N) is 1. The predicted octanol–water partition coefficient (Wildman–Crippen LogP) is 1.24. The number of hydrogen-bond donors (Lipinski definition) is 2. The molecule has 1 aromatic rings. The van der Waals surface area contributed by atoms with Crippen LogP contribution in [0.15, 0.2) is 17.0 Å². The van der Waals surface area contributed by atoms with E-state index in [4.69, 9.17) is 9.88 Å². The average molecular weight is 314 g/mol. The summed E-state index contributed by atoms with van der Waals surface area (Å²) in [5.41, 5.74) is 1.18. The SMILES string of the molecule is CCC(C)NC(=O)COc1ccc(S(N)(=O)=O)c(C)c1C. The van der Waals surface area contributed by atoms with Gasteiger partial charge in [-0.3, -0.25) is 4.79 Å². The Morgan fingerprint density at radius 1 is 1.33 bits per heavy atom. The quantitative estimate of drug-likeness (QED) is 0.825. The Morgan fingerprint density at radius 2 is 1.95 bits per heavy atom. The third-order valence-electron chi connectivity index (χ3n) is 3.37. The van der Waals surface area contributed by atoms with E-state index in [1.807, 2.05) is 13.8 Å². The minimum absolute atomic E-state index is 0.0661. The number of amides is 1. The Labute approximate surface area is 125 Å². The highest BCUT2D eigenvalue weighted by Gasteiger charge is 2.16. The molecule has 118 valence electrons. The van der Waals surface area contributed by atoms with Crippen LogP contribution in [0.1, 0.15) is 31.4 Å². The van der Waals surface area contributed by atoms with E-state index in [-0.39, 0.29) is 23.5 Å². The van der Waals surface area contributed by atoms with Gasteiger partial charge >= 0.3 is 0 Å². The van der Waals surface area contributed by atoms with Gasteiger partial charge in [-0.25, -0.2) is 13.6 Å². The maximum Gasteiger partial charge on any atom is 0.258 e. The summed E-state index contributed by atoms with van der Waals surface area (Å²) in [5.74, 6) is 0.260. The lowest BCUT2D eigenvalue weighted by molar-refractivity contribution is -0.123. The Hall–Kier alpha value is -1.60. The zero-order chi connectivity index (χ0) is 16.2. The van der Waals surface area contributed by atoms with Crippen LogP contribution in [-0.4, -0.2) is 27.0 Å². The molecule has 0 aliphatic heterocycles. The van der Waals surface area contributed by atoms with E-state index >= 15 is 0 Å². The maximum atomic E-state index is 11.7. The molecule has 0 aliphatic rings. The zero-order valence-electron chi connectivity index (χ0n) is 12.8. The van der Waals surface area contributed by atoms with Crippen LogP contribution in [0, 0.1) is 13.8 Å². The van der Waals surface area contributed by atoms with Crippen molar-refractivity contribution < 1.29 is 17.9 Å². The van der Waals surface area contributed by atoms with Crippen LogP contribution in [-0.2, 0) is 14.8 Å². The van der Waals surface area contributed by atoms with Gasteiger partial charge in [-0.15, -0.1) is 0 Å². The fourth-order valence-electron chi connectivity index (χ4n) is 1.80. The molecule has 0 spiro atoms. The van der Waals surface area contributed by atoms with Gasteiger partial charge in [0.05, 0.1) is 4.90 Å². The predicted molar refractivity (Wildman–Crippen MR) is 80.7 cm³/mol. The Balaban J connectivity index is 2.83. The van der Waals surface area contributed by atoms with Crippen molar-refractivity contribution >= 4 is 15.9 Å². The molecule has 3 N–H and O–H groups in total. The van der Waals surface area contributed by atoms with Gasteiger partial charge in [0.25, 0.3) is 5.91 Å². The van der Waals surface area contributed by atoms with Crippen molar-refractivity contribution in [2.75, 3.05) is 6.61 Å². The normalized spacial score (nSPS) is 12.8. The van der Waals surface area contributed by atoms with E-state index in [1.54, 1.807) is 13.8 Å². The number of nitrogens with one attached hydrogen (secondary N) is 1. The van der Waals surface area contributed by atoms with Crippen LogP contribution in [0.3, 0.4) is 0 Å². The molecule has 6 nitrogen and oxygen atoms in total. The largest absolute Gasteiger partial charge is 0.483 e. The summed E-state index contributed by atoms with van der Waals surface area (Å²) in [6.45, 7) is 7.16. The molecule has 0 saturated heterocycles. The monoisotopic (exact) mass is 314 g/mol. The third kappa shape index (κ3) is 4.71. The number of sulfonamides is 1. The second-order valence-electron chi connectivity index (χ2n) is 5.02. The lowest BCUT2D eigenvalue weighted by atomic mass is 10.1. The zero-order valence-corrected chi connectivity index (χ0v) is 13.6. The summed E-state index contributed by atoms with van der Waals surface area (Å²) in [7, 11) is -3.76. The molecule has 0 heterocycles. The number of rotatable bonds is 6. The number of ether oxygens (including phenoxy) is 1. The molecular formula is C14H22N2O4S. The van der Waals surface area contributed by atoms with Crippen molar-refractivity contribution in [2.45, 2.75) is 45.1 Å². The van der Waals surface area contributed by atoms with Gasteiger partial charge in [-0.1, -0.05) is 6.92 Å². The molecule has 0 bridgehead atoms. The first-order valence-electron chi connectivity index (χ1n) is 6.72. The van der Waals surface area contributed by atoms with Gasteiger partial charge in [0.15, 0.2) is 6.61 Å². The second-order valence-corrected chi connectivity index (χ2v) is 6.55. The fraction of sp³-hybridized carbons (Fsp3) is 0.500. The van der Waals surface area contributed by atoms with Gasteiger partial charge in [-0.05, 0) is 50.5 Å². The minimum atomic E-state index is -3.76. The molecule has 0 fully saturated rings. The fourth-order valence-corrected chi connectivity index (χ4v) is 2.64. The number of carbonyl (C=O) groups is 1. The Bertz CT molecular complexity index is 626. The molecule has 1 amide bonds. The van der Waals surface area contributed by atoms with Crippen LogP contribution in [0.2, 0.25) is 0 Å². The van der Waals surface area contributed by atoms with E-state index in [0.29, 0.717) is 16.9 Å². The number of benzene rings is 1.